The van der Waals surface area contributed by atoms with E-state index in [1.807, 2.05) is 31.2 Å². The van der Waals surface area contributed by atoms with E-state index < -0.39 is 0 Å². The number of carbonyl (C=O) groups is 1. The van der Waals surface area contributed by atoms with Crippen LogP contribution in [-0.4, -0.2) is 62.8 Å². The van der Waals surface area contributed by atoms with Gasteiger partial charge in [-0.05, 0) is 31.4 Å². The summed E-state index contributed by atoms with van der Waals surface area (Å²) in [5.74, 6) is 0.172. The highest BCUT2D eigenvalue weighted by Crippen LogP contribution is 2.04. The van der Waals surface area contributed by atoms with Crippen molar-refractivity contribution in [1.82, 2.24) is 10.2 Å². The van der Waals surface area contributed by atoms with E-state index in [9.17, 15) is 4.79 Å². The molecular weight excluding hydrogens is 330 g/mol. The lowest BCUT2D eigenvalue weighted by Crippen LogP contribution is -2.37. The Morgan fingerprint density at radius 1 is 1.27 bits per heavy atom. The number of carbonyl (C=O) groups excluding carboxylic acids is 1. The normalized spacial score (nSPS) is 15.9. The number of nitrogens with zero attached hydrogens (tertiary/aromatic N) is 2. The molecule has 1 aliphatic rings. The fraction of sp³-hybridized carbons (Fsp3) is 0.600. The Hall–Kier alpha value is -1.92. The van der Waals surface area contributed by atoms with Crippen LogP contribution >= 0.6 is 0 Å². The van der Waals surface area contributed by atoms with E-state index in [1.54, 1.807) is 0 Å². The highest BCUT2D eigenvalue weighted by molar-refractivity contribution is 6.04. The molecule has 0 radical (unpaired) electrons. The van der Waals surface area contributed by atoms with Crippen molar-refractivity contribution in [3.8, 4) is 0 Å². The van der Waals surface area contributed by atoms with Crippen molar-refractivity contribution in [2.75, 3.05) is 46.0 Å². The zero-order chi connectivity index (χ0) is 18.8. The predicted octanol–water partition coefficient (Wildman–Crippen LogP) is 2.48. The van der Waals surface area contributed by atoms with Crippen molar-refractivity contribution in [2.45, 2.75) is 27.2 Å². The Bertz CT molecular complexity index is 578. The molecule has 0 aliphatic carbocycles. The summed E-state index contributed by atoms with van der Waals surface area (Å²) in [5.41, 5.74) is 1.72. The van der Waals surface area contributed by atoms with Crippen LogP contribution < -0.4 is 5.32 Å². The third-order valence-corrected chi connectivity index (χ3v) is 4.08. The molecule has 6 nitrogen and oxygen atoms in total. The molecule has 1 fully saturated rings. The molecule has 1 aliphatic heterocycles. The van der Waals surface area contributed by atoms with E-state index >= 15 is 0 Å². The molecule has 1 aromatic carbocycles. The Balaban J connectivity index is 1.86. The molecule has 0 unspecified atom stereocenters. The summed E-state index contributed by atoms with van der Waals surface area (Å²) in [6, 6.07) is 7.77. The van der Waals surface area contributed by atoms with E-state index in [-0.39, 0.29) is 5.91 Å². The Morgan fingerprint density at radius 2 is 1.96 bits per heavy atom. The van der Waals surface area contributed by atoms with E-state index in [2.05, 4.69) is 29.1 Å². The van der Waals surface area contributed by atoms with Crippen LogP contribution in [0.25, 0.3) is 0 Å². The van der Waals surface area contributed by atoms with Gasteiger partial charge in [-0.1, -0.05) is 31.5 Å². The van der Waals surface area contributed by atoms with E-state index in [0.717, 1.165) is 44.8 Å². The minimum Gasteiger partial charge on any atom is -0.465 e. The lowest BCUT2D eigenvalue weighted by molar-refractivity contribution is 0.0377. The fourth-order valence-corrected chi connectivity index (χ4v) is 2.54. The summed E-state index contributed by atoms with van der Waals surface area (Å²) in [6.45, 7) is 11.8. The predicted molar refractivity (Wildman–Crippen MR) is 104 cm³/mol. The smallest absolute Gasteiger partial charge is 0.291 e. The lowest BCUT2D eigenvalue weighted by Gasteiger charge is -2.26. The maximum absolute atomic E-state index is 12.4. The number of morpholine rings is 1. The second kappa shape index (κ2) is 10.9. The summed E-state index contributed by atoms with van der Waals surface area (Å²) in [4.78, 5) is 19.2. The number of nitrogens with one attached hydrogen (secondary N) is 1. The fourth-order valence-electron chi connectivity index (χ4n) is 2.54. The largest absolute Gasteiger partial charge is 0.465 e. The van der Waals surface area contributed by atoms with Crippen LogP contribution in [0.2, 0.25) is 0 Å². The first-order chi connectivity index (χ1) is 12.5. The zero-order valence-electron chi connectivity index (χ0n) is 16.2. The summed E-state index contributed by atoms with van der Waals surface area (Å²) < 4.78 is 11.1. The molecule has 1 saturated heterocycles. The SMILES string of the molecule is Cc1ccc(C(=O)NC(=NCCCN2CCOCC2)OCC(C)C)cc1. The van der Waals surface area contributed by atoms with Crippen LogP contribution in [0.4, 0.5) is 0 Å². The molecule has 1 aromatic rings. The van der Waals surface area contributed by atoms with Crippen molar-refractivity contribution in [2.24, 2.45) is 10.9 Å². The van der Waals surface area contributed by atoms with Gasteiger partial charge in [-0.15, -0.1) is 0 Å². The Labute approximate surface area is 156 Å². The van der Waals surface area contributed by atoms with Gasteiger partial charge < -0.3 is 9.47 Å². The number of ether oxygens (including phenoxy) is 2. The molecule has 0 spiro atoms. The molecule has 1 N–H and O–H groups in total. The van der Waals surface area contributed by atoms with E-state index in [4.69, 9.17) is 9.47 Å². The van der Waals surface area contributed by atoms with Gasteiger partial charge in [-0.3, -0.25) is 15.0 Å². The molecule has 144 valence electrons. The third-order valence-electron chi connectivity index (χ3n) is 4.08. The van der Waals surface area contributed by atoms with Crippen LogP contribution in [0, 0.1) is 12.8 Å². The highest BCUT2D eigenvalue weighted by Gasteiger charge is 2.12. The van der Waals surface area contributed by atoms with E-state index in [0.29, 0.717) is 30.7 Å². The number of amides is 1. The van der Waals surface area contributed by atoms with Crippen LogP contribution in [0.5, 0.6) is 0 Å². The van der Waals surface area contributed by atoms with Crippen molar-refractivity contribution >= 4 is 11.9 Å². The molecule has 1 heterocycles. The minimum absolute atomic E-state index is 0.194. The topological polar surface area (TPSA) is 63.2 Å². The number of benzene rings is 1. The molecule has 0 aromatic heterocycles. The summed E-state index contributed by atoms with van der Waals surface area (Å²) in [6.07, 6.45) is 0.926. The number of aryl methyl sites for hydroxylation is 1. The van der Waals surface area contributed by atoms with Crippen LogP contribution in [0.15, 0.2) is 29.3 Å². The van der Waals surface area contributed by atoms with Crippen molar-refractivity contribution in [3.05, 3.63) is 35.4 Å². The second-order valence-electron chi connectivity index (χ2n) is 7.02. The third kappa shape index (κ3) is 7.54. The Kier molecular flexibility index (Phi) is 8.58. The number of amidine groups is 1. The molecular formula is C20H31N3O3. The number of aliphatic imine (C=N–C) groups is 1. The van der Waals surface area contributed by atoms with Crippen LogP contribution in [0.1, 0.15) is 36.2 Å². The van der Waals surface area contributed by atoms with Gasteiger partial charge in [0.15, 0.2) is 0 Å². The summed E-state index contributed by atoms with van der Waals surface area (Å²) >= 11 is 0. The van der Waals surface area contributed by atoms with Crippen LogP contribution in [-0.2, 0) is 9.47 Å². The van der Waals surface area contributed by atoms with E-state index in [1.165, 1.54) is 0 Å². The summed E-state index contributed by atoms with van der Waals surface area (Å²) in [5, 5.41) is 2.80. The van der Waals surface area contributed by atoms with Crippen molar-refractivity contribution in [1.29, 1.82) is 0 Å². The van der Waals surface area contributed by atoms with Gasteiger partial charge >= 0.3 is 0 Å². The lowest BCUT2D eigenvalue weighted by atomic mass is 10.1. The maximum Gasteiger partial charge on any atom is 0.291 e. The standard InChI is InChI=1S/C20H31N3O3/c1-16(2)15-26-20(21-9-4-10-23-11-13-25-14-12-23)22-19(24)18-7-5-17(3)6-8-18/h5-8,16H,4,9-15H2,1-3H3,(H,21,22,24). The highest BCUT2D eigenvalue weighted by atomic mass is 16.5. The maximum atomic E-state index is 12.4. The average molecular weight is 361 g/mol. The first kappa shape index (κ1) is 20.4. The molecule has 0 bridgehead atoms. The summed E-state index contributed by atoms with van der Waals surface area (Å²) in [7, 11) is 0. The van der Waals surface area contributed by atoms with Crippen molar-refractivity contribution < 1.29 is 14.3 Å². The Morgan fingerprint density at radius 3 is 2.62 bits per heavy atom. The number of rotatable bonds is 7. The van der Waals surface area contributed by atoms with Gasteiger partial charge in [0.1, 0.15) is 0 Å². The molecule has 26 heavy (non-hydrogen) atoms. The monoisotopic (exact) mass is 361 g/mol. The molecule has 0 atom stereocenters. The molecule has 1 amide bonds. The van der Waals surface area contributed by atoms with Gasteiger partial charge in [0.25, 0.3) is 11.9 Å². The average Bonchev–Trinajstić information content (AvgIpc) is 2.64. The number of hydrogen-bond donors (Lipinski definition) is 1. The molecule has 0 saturated carbocycles. The van der Waals surface area contributed by atoms with Crippen LogP contribution in [0.3, 0.4) is 0 Å². The van der Waals surface area contributed by atoms with Gasteiger partial charge in [0.2, 0.25) is 0 Å². The number of hydrogen-bond acceptors (Lipinski definition) is 5. The van der Waals surface area contributed by atoms with Gasteiger partial charge in [-0.2, -0.15) is 0 Å². The van der Waals surface area contributed by atoms with Gasteiger partial charge in [0.05, 0.1) is 19.8 Å². The van der Waals surface area contributed by atoms with Gasteiger partial charge in [-0.25, -0.2) is 4.99 Å². The second-order valence-corrected chi connectivity index (χ2v) is 7.02. The minimum atomic E-state index is -0.194. The first-order valence-electron chi connectivity index (χ1n) is 9.40. The quantitative estimate of drug-likeness (QED) is 0.460. The van der Waals surface area contributed by atoms with Gasteiger partial charge in [0, 0.05) is 31.7 Å². The van der Waals surface area contributed by atoms with Crippen molar-refractivity contribution in [3.63, 3.8) is 0 Å². The first-order valence-corrected chi connectivity index (χ1v) is 9.40. The zero-order valence-corrected chi connectivity index (χ0v) is 16.2. The molecule has 6 heteroatoms. The molecule has 2 rings (SSSR count).